The molecule has 3 aromatic rings. The quantitative estimate of drug-likeness (QED) is 0.357. The fraction of sp³-hybridized carbons (Fsp3) is 0.360. The zero-order valence-corrected chi connectivity index (χ0v) is 20.4. The number of thioether (sulfide) groups is 1. The Morgan fingerprint density at radius 3 is 2.35 bits per heavy atom. The van der Waals surface area contributed by atoms with Crippen molar-refractivity contribution >= 4 is 17.7 Å². The lowest BCUT2D eigenvalue weighted by atomic mass is 10.0. The number of halogens is 3. The highest BCUT2D eigenvalue weighted by Crippen LogP contribution is 2.35. The molecule has 1 unspecified atom stereocenters. The fourth-order valence-electron chi connectivity index (χ4n) is 3.38. The molecular formula is C25H27F3N2O3S. The molecule has 34 heavy (non-hydrogen) atoms. The molecule has 9 heteroatoms. The molecule has 0 bridgehead atoms. The molecule has 1 atom stereocenters. The van der Waals surface area contributed by atoms with Crippen LogP contribution in [-0.2, 0) is 11.0 Å². The Morgan fingerprint density at radius 1 is 1.15 bits per heavy atom. The number of carboxylic acids is 1. The number of alkyl halides is 3. The van der Waals surface area contributed by atoms with Crippen molar-refractivity contribution in [2.45, 2.75) is 56.4 Å². The normalized spacial score (nSPS) is 13.1. The maximum absolute atomic E-state index is 12.8. The minimum Gasteiger partial charge on any atom is -0.493 e. The van der Waals surface area contributed by atoms with Gasteiger partial charge in [-0.1, -0.05) is 6.92 Å². The van der Waals surface area contributed by atoms with E-state index in [0.29, 0.717) is 18.0 Å². The highest BCUT2D eigenvalue weighted by molar-refractivity contribution is 8.01. The Kier molecular flexibility index (Phi) is 7.35. The first-order valence-corrected chi connectivity index (χ1v) is 11.5. The van der Waals surface area contributed by atoms with Crippen molar-refractivity contribution in [2.24, 2.45) is 0 Å². The van der Waals surface area contributed by atoms with Crippen LogP contribution < -0.4 is 4.74 Å². The topological polar surface area (TPSA) is 64.3 Å². The summed E-state index contributed by atoms with van der Waals surface area (Å²) in [5, 5.41) is 13.8. The predicted octanol–water partition coefficient (Wildman–Crippen LogP) is 6.65. The lowest BCUT2D eigenvalue weighted by molar-refractivity contribution is -0.139. The second-order valence-corrected chi connectivity index (χ2v) is 10.4. The maximum atomic E-state index is 12.8. The molecule has 0 spiro atoms. The molecule has 182 valence electrons. The molecule has 5 nitrogen and oxygen atoms in total. The summed E-state index contributed by atoms with van der Waals surface area (Å²) in [6.45, 7) is 9.46. The van der Waals surface area contributed by atoms with Crippen LogP contribution in [0.5, 0.6) is 5.75 Å². The molecule has 0 saturated heterocycles. The largest absolute Gasteiger partial charge is 0.493 e. The number of hydrogen-bond donors (Lipinski definition) is 1. The van der Waals surface area contributed by atoms with E-state index >= 15 is 0 Å². The van der Waals surface area contributed by atoms with E-state index in [2.05, 4.69) is 5.10 Å². The van der Waals surface area contributed by atoms with Gasteiger partial charge in [0, 0.05) is 17.0 Å². The summed E-state index contributed by atoms with van der Waals surface area (Å²) in [7, 11) is 0. The van der Waals surface area contributed by atoms with E-state index in [1.54, 1.807) is 18.5 Å². The Labute approximate surface area is 200 Å². The van der Waals surface area contributed by atoms with Crippen LogP contribution in [0, 0.1) is 13.8 Å². The summed E-state index contributed by atoms with van der Waals surface area (Å²) in [5.41, 5.74) is 2.45. The highest BCUT2D eigenvalue weighted by atomic mass is 32.2. The van der Waals surface area contributed by atoms with Gasteiger partial charge in [-0.3, -0.25) is 4.79 Å². The van der Waals surface area contributed by atoms with Crippen LogP contribution in [0.25, 0.3) is 5.69 Å². The van der Waals surface area contributed by atoms with Gasteiger partial charge in [0.1, 0.15) is 10.5 Å². The predicted molar refractivity (Wildman–Crippen MR) is 126 cm³/mol. The lowest BCUT2D eigenvalue weighted by Gasteiger charge is -2.19. The van der Waals surface area contributed by atoms with Gasteiger partial charge in [0.05, 0.1) is 23.6 Å². The van der Waals surface area contributed by atoms with Crippen molar-refractivity contribution in [2.75, 3.05) is 6.61 Å². The molecule has 2 aromatic carbocycles. The van der Waals surface area contributed by atoms with Gasteiger partial charge in [-0.25, -0.2) is 4.68 Å². The van der Waals surface area contributed by atoms with Gasteiger partial charge >= 0.3 is 12.1 Å². The van der Waals surface area contributed by atoms with Crippen LogP contribution in [0.1, 0.15) is 49.1 Å². The van der Waals surface area contributed by atoms with Gasteiger partial charge < -0.3 is 9.84 Å². The van der Waals surface area contributed by atoms with Crippen LogP contribution in [0.2, 0.25) is 0 Å². The number of rotatable bonds is 8. The number of carboxylic acid groups (broad SMARTS) is 1. The minimum atomic E-state index is -4.38. The summed E-state index contributed by atoms with van der Waals surface area (Å²) < 4.78 is 45.1. The molecule has 0 aliphatic heterocycles. The molecule has 0 aliphatic carbocycles. The van der Waals surface area contributed by atoms with Crippen molar-refractivity contribution in [3.63, 3.8) is 0 Å². The van der Waals surface area contributed by atoms with Crippen molar-refractivity contribution in [3.8, 4) is 11.4 Å². The first-order valence-electron chi connectivity index (χ1n) is 10.7. The Morgan fingerprint density at radius 2 is 1.79 bits per heavy atom. The smallest absolute Gasteiger partial charge is 0.416 e. The molecule has 0 aliphatic rings. The molecule has 0 radical (unpaired) electrons. The second kappa shape index (κ2) is 9.74. The van der Waals surface area contributed by atoms with E-state index in [9.17, 15) is 23.1 Å². The molecule has 3 rings (SSSR count). The van der Waals surface area contributed by atoms with Gasteiger partial charge in [0.2, 0.25) is 0 Å². The van der Waals surface area contributed by atoms with Crippen LogP contribution in [0.15, 0.2) is 53.6 Å². The van der Waals surface area contributed by atoms with Crippen LogP contribution in [-0.4, -0.2) is 32.2 Å². The third-order valence-corrected chi connectivity index (χ3v) is 6.62. The van der Waals surface area contributed by atoms with E-state index in [-0.39, 0.29) is 5.92 Å². The zero-order chi connectivity index (χ0) is 25.3. The fourth-order valence-corrected chi connectivity index (χ4v) is 4.43. The number of nitrogens with zero attached hydrogens (tertiary/aromatic N) is 2. The average molecular weight is 493 g/mol. The molecule has 0 fully saturated rings. The van der Waals surface area contributed by atoms with Gasteiger partial charge in [-0.05, 0) is 81.3 Å². The van der Waals surface area contributed by atoms with Gasteiger partial charge in [-0.15, -0.1) is 11.8 Å². The number of ether oxygens (including phenoxy) is 1. The lowest BCUT2D eigenvalue weighted by Crippen LogP contribution is -2.26. The summed E-state index contributed by atoms with van der Waals surface area (Å²) in [4.78, 5) is 12.2. The molecule has 0 amide bonds. The summed E-state index contributed by atoms with van der Waals surface area (Å²) in [6.07, 6.45) is -2.57. The standard InChI is InChI=1S/C25H27F3N2O3S/c1-15-12-20(34-24(4,5)23(31)32)10-11-22(15)33-14-16(2)21-13-30(29-17(21)3)19-8-6-18(7-9-19)25(26,27)28/h6-13,16H,14H2,1-5H3,(H,31,32). The summed E-state index contributed by atoms with van der Waals surface area (Å²) >= 11 is 1.27. The highest BCUT2D eigenvalue weighted by Gasteiger charge is 2.30. The van der Waals surface area contributed by atoms with Crippen LogP contribution >= 0.6 is 11.8 Å². The molecular weight excluding hydrogens is 465 g/mol. The number of benzene rings is 2. The minimum absolute atomic E-state index is 0.0115. The Hall–Kier alpha value is -2.94. The first kappa shape index (κ1) is 25.7. The number of aliphatic carboxylic acids is 1. The number of hydrogen-bond acceptors (Lipinski definition) is 4. The molecule has 1 heterocycles. The molecule has 1 aromatic heterocycles. The SMILES string of the molecule is Cc1cc(SC(C)(C)C(=O)O)ccc1OCC(C)c1cn(-c2ccc(C(F)(F)F)cc2)nc1C. The second-order valence-electron chi connectivity index (χ2n) is 8.72. The van der Waals surface area contributed by atoms with Crippen molar-refractivity contribution in [1.29, 1.82) is 0 Å². The maximum Gasteiger partial charge on any atom is 0.416 e. The average Bonchev–Trinajstić information content (AvgIpc) is 3.14. The first-order chi connectivity index (χ1) is 15.8. The third-order valence-electron chi connectivity index (χ3n) is 5.45. The Balaban J connectivity index is 1.68. The van der Waals surface area contributed by atoms with Crippen molar-refractivity contribution in [1.82, 2.24) is 9.78 Å². The van der Waals surface area contributed by atoms with Crippen molar-refractivity contribution in [3.05, 3.63) is 71.0 Å². The van der Waals surface area contributed by atoms with E-state index in [1.807, 2.05) is 45.2 Å². The number of aromatic nitrogens is 2. The van der Waals surface area contributed by atoms with E-state index < -0.39 is 22.5 Å². The van der Waals surface area contributed by atoms with Crippen LogP contribution in [0.3, 0.4) is 0 Å². The molecule has 1 N–H and O–H groups in total. The number of carbonyl (C=O) groups is 1. The Bertz CT molecular complexity index is 1170. The third kappa shape index (κ3) is 5.94. The van der Waals surface area contributed by atoms with Gasteiger partial charge in [0.15, 0.2) is 0 Å². The monoisotopic (exact) mass is 492 g/mol. The molecule has 0 saturated carbocycles. The summed E-state index contributed by atoms with van der Waals surface area (Å²) in [6, 6.07) is 10.5. The van der Waals surface area contributed by atoms with Gasteiger partial charge in [-0.2, -0.15) is 18.3 Å². The van der Waals surface area contributed by atoms with Crippen molar-refractivity contribution < 1.29 is 27.8 Å². The van der Waals surface area contributed by atoms with Gasteiger partial charge in [0.25, 0.3) is 0 Å². The van der Waals surface area contributed by atoms with E-state index in [1.165, 1.54) is 23.9 Å². The van der Waals surface area contributed by atoms with E-state index in [4.69, 9.17) is 4.74 Å². The zero-order valence-electron chi connectivity index (χ0n) is 19.6. The number of aryl methyl sites for hydroxylation is 2. The van der Waals surface area contributed by atoms with Crippen LogP contribution in [0.4, 0.5) is 13.2 Å². The van der Waals surface area contributed by atoms with E-state index in [0.717, 1.165) is 33.8 Å². The summed E-state index contributed by atoms with van der Waals surface area (Å²) in [5.74, 6) is -0.184.